The second-order valence-electron chi connectivity index (χ2n) is 3.54. The van der Waals surface area contributed by atoms with Crippen LogP contribution in [-0.4, -0.2) is 41.4 Å². The molecule has 88 valence electrons. The third kappa shape index (κ3) is 2.86. The molecule has 0 unspecified atom stereocenters. The van der Waals surface area contributed by atoms with E-state index in [-0.39, 0.29) is 19.0 Å². The van der Waals surface area contributed by atoms with Crippen molar-refractivity contribution in [1.29, 1.82) is 0 Å². The number of hydrogen-bond acceptors (Lipinski definition) is 4. The van der Waals surface area contributed by atoms with Crippen LogP contribution in [0.4, 0.5) is 4.39 Å². The van der Waals surface area contributed by atoms with Crippen molar-refractivity contribution in [2.24, 2.45) is 11.5 Å². The molecule has 1 aliphatic heterocycles. The molecule has 0 radical (unpaired) electrons. The Labute approximate surface area is 91.1 Å². The molecule has 1 aliphatic rings. The number of likely N-dealkylation sites (tertiary alicyclic amines) is 1. The van der Waals surface area contributed by atoms with Crippen molar-refractivity contribution < 1.29 is 18.8 Å². The Morgan fingerprint density at radius 1 is 1.31 bits per heavy atom. The van der Waals surface area contributed by atoms with Crippen LogP contribution < -0.4 is 11.5 Å². The Bertz CT molecular complexity index is 356. The maximum Gasteiger partial charge on any atom is 0.325 e. The van der Waals surface area contributed by atoms with Crippen molar-refractivity contribution >= 4 is 17.9 Å². The molecule has 0 aromatic rings. The van der Waals surface area contributed by atoms with E-state index in [1.54, 1.807) is 0 Å². The molecule has 16 heavy (non-hydrogen) atoms. The molecule has 1 rings (SSSR count). The van der Waals surface area contributed by atoms with Gasteiger partial charge in [-0.15, -0.1) is 0 Å². The predicted molar refractivity (Wildman–Crippen MR) is 52.5 cm³/mol. The Hall–Kier alpha value is -1.76. The summed E-state index contributed by atoms with van der Waals surface area (Å²) in [5.74, 6) is -1.32. The third-order valence-electron chi connectivity index (χ3n) is 2.30. The van der Waals surface area contributed by atoms with Gasteiger partial charge in [0.05, 0.1) is 0 Å². The first-order valence-corrected chi connectivity index (χ1v) is 4.65. The molecule has 0 aliphatic carbocycles. The van der Waals surface area contributed by atoms with E-state index >= 15 is 0 Å². The zero-order valence-corrected chi connectivity index (χ0v) is 8.43. The fourth-order valence-corrected chi connectivity index (χ4v) is 1.61. The van der Waals surface area contributed by atoms with E-state index < -0.39 is 23.9 Å². The molecule has 1 heterocycles. The Morgan fingerprint density at radius 3 is 2.44 bits per heavy atom. The molecule has 0 saturated carbocycles. The summed E-state index contributed by atoms with van der Waals surface area (Å²) in [6, 6.07) is -2.86. The van der Waals surface area contributed by atoms with E-state index in [4.69, 9.17) is 11.5 Å². The van der Waals surface area contributed by atoms with E-state index in [9.17, 15) is 18.8 Å². The van der Waals surface area contributed by atoms with Gasteiger partial charge in [0.15, 0.2) is 0 Å². The number of carbonyl (C=O) groups excluding carboxylic acids is 3. The number of hydrogen-bond donors (Lipinski definition) is 2. The lowest BCUT2D eigenvalue weighted by Gasteiger charge is -2.19. The summed E-state index contributed by atoms with van der Waals surface area (Å²) in [5.41, 5.74) is 10.7. The minimum Gasteiger partial charge on any atom is -0.368 e. The number of nitrogens with two attached hydrogens (primary N) is 2. The highest BCUT2D eigenvalue weighted by molar-refractivity contribution is 5.97. The first-order valence-electron chi connectivity index (χ1n) is 4.65. The fourth-order valence-electron chi connectivity index (χ4n) is 1.61. The maximum absolute atomic E-state index is 11.9. The van der Waals surface area contributed by atoms with Crippen LogP contribution >= 0.6 is 0 Å². The second kappa shape index (κ2) is 4.84. The molecule has 0 spiro atoms. The summed E-state index contributed by atoms with van der Waals surface area (Å²) in [6.07, 6.45) is 1.53. The van der Waals surface area contributed by atoms with Gasteiger partial charge >= 0.3 is 6.04 Å². The standard InChI is InChI=1S/C9H12FN3O3/c10-7(14)1-2-8(15)13-4-5(11)3-6(13)9(12)16/h1-2,5-6H,3-4,11H2,(H2,12,16)/b2-1+/t5-,6-/m0/s1. The fraction of sp³-hybridized carbons (Fsp3) is 0.444. The average Bonchev–Trinajstić information content (AvgIpc) is 2.56. The van der Waals surface area contributed by atoms with Crippen LogP contribution in [-0.2, 0) is 14.4 Å². The average molecular weight is 229 g/mol. The van der Waals surface area contributed by atoms with Gasteiger partial charge < -0.3 is 16.4 Å². The normalized spacial score (nSPS) is 25.0. The number of amides is 2. The van der Waals surface area contributed by atoms with Crippen LogP contribution in [0.3, 0.4) is 0 Å². The molecule has 1 fully saturated rings. The predicted octanol–water partition coefficient (Wildman–Crippen LogP) is -1.55. The van der Waals surface area contributed by atoms with Crippen molar-refractivity contribution in [2.75, 3.05) is 6.54 Å². The van der Waals surface area contributed by atoms with Crippen LogP contribution in [0.25, 0.3) is 0 Å². The Kier molecular flexibility index (Phi) is 3.73. The highest BCUT2D eigenvalue weighted by Gasteiger charge is 2.35. The first-order chi connectivity index (χ1) is 7.41. The molecule has 0 bridgehead atoms. The van der Waals surface area contributed by atoms with Crippen molar-refractivity contribution in [2.45, 2.75) is 18.5 Å². The van der Waals surface area contributed by atoms with Crippen LogP contribution in [0.5, 0.6) is 0 Å². The lowest BCUT2D eigenvalue weighted by molar-refractivity contribution is -0.133. The Balaban J connectivity index is 2.74. The smallest absolute Gasteiger partial charge is 0.325 e. The summed E-state index contributed by atoms with van der Waals surface area (Å²) < 4.78 is 11.9. The summed E-state index contributed by atoms with van der Waals surface area (Å²) in [7, 11) is 0. The molecule has 1 saturated heterocycles. The second-order valence-corrected chi connectivity index (χ2v) is 3.54. The number of allylic oxidation sites excluding steroid dienone is 1. The largest absolute Gasteiger partial charge is 0.368 e. The lowest BCUT2D eigenvalue weighted by Crippen LogP contribution is -2.43. The summed E-state index contributed by atoms with van der Waals surface area (Å²) in [4.78, 5) is 33.6. The SMILES string of the molecule is NC(=O)[C@@H]1C[C@H](N)CN1C(=O)/C=C/C(=O)F. The van der Waals surface area contributed by atoms with Crippen LogP contribution in [0.15, 0.2) is 12.2 Å². The van der Waals surface area contributed by atoms with E-state index in [1.165, 1.54) is 0 Å². The zero-order valence-electron chi connectivity index (χ0n) is 8.43. The molecule has 2 atom stereocenters. The van der Waals surface area contributed by atoms with Gasteiger partial charge in [-0.3, -0.25) is 14.4 Å². The minimum atomic E-state index is -1.73. The molecular formula is C9H12FN3O3. The van der Waals surface area contributed by atoms with Gasteiger partial charge in [0.2, 0.25) is 11.8 Å². The minimum absolute atomic E-state index is 0.164. The van der Waals surface area contributed by atoms with E-state index in [0.29, 0.717) is 6.08 Å². The van der Waals surface area contributed by atoms with E-state index in [1.807, 2.05) is 0 Å². The number of halogens is 1. The lowest BCUT2D eigenvalue weighted by atomic mass is 10.2. The summed E-state index contributed by atoms with van der Waals surface area (Å²) in [6.45, 7) is 0.164. The van der Waals surface area contributed by atoms with Crippen molar-refractivity contribution in [3.8, 4) is 0 Å². The number of nitrogens with zero attached hydrogens (tertiary/aromatic N) is 1. The van der Waals surface area contributed by atoms with Gasteiger partial charge in [-0.05, 0) is 6.42 Å². The van der Waals surface area contributed by atoms with Gasteiger partial charge in [0.1, 0.15) is 6.04 Å². The quantitative estimate of drug-likeness (QED) is 0.451. The third-order valence-corrected chi connectivity index (χ3v) is 2.30. The number of rotatable bonds is 3. The molecule has 4 N–H and O–H groups in total. The van der Waals surface area contributed by atoms with Gasteiger partial charge in [0.25, 0.3) is 0 Å². The molecular weight excluding hydrogens is 217 g/mol. The monoisotopic (exact) mass is 229 g/mol. The van der Waals surface area contributed by atoms with Gasteiger partial charge in [0, 0.05) is 24.7 Å². The molecule has 0 aromatic carbocycles. The topological polar surface area (TPSA) is 106 Å². The highest BCUT2D eigenvalue weighted by atomic mass is 19.1. The summed E-state index contributed by atoms with van der Waals surface area (Å²) in [5, 5.41) is 0. The molecule has 2 amide bonds. The van der Waals surface area contributed by atoms with E-state index in [2.05, 4.69) is 0 Å². The van der Waals surface area contributed by atoms with Gasteiger partial charge in [-0.25, -0.2) is 0 Å². The summed E-state index contributed by atoms with van der Waals surface area (Å²) >= 11 is 0. The van der Waals surface area contributed by atoms with Crippen LogP contribution in [0.2, 0.25) is 0 Å². The maximum atomic E-state index is 11.9. The first kappa shape index (κ1) is 12.3. The molecule has 7 heteroatoms. The molecule has 0 aromatic heterocycles. The number of carbonyl (C=O) groups is 3. The van der Waals surface area contributed by atoms with Crippen molar-refractivity contribution in [3.63, 3.8) is 0 Å². The van der Waals surface area contributed by atoms with Crippen molar-refractivity contribution in [3.05, 3.63) is 12.2 Å². The Morgan fingerprint density at radius 2 is 1.94 bits per heavy atom. The number of primary amides is 1. The zero-order chi connectivity index (χ0) is 12.3. The van der Waals surface area contributed by atoms with Crippen molar-refractivity contribution in [1.82, 2.24) is 4.90 Å². The molecule has 6 nitrogen and oxygen atoms in total. The van der Waals surface area contributed by atoms with Gasteiger partial charge in [-0.2, -0.15) is 4.39 Å². The highest BCUT2D eigenvalue weighted by Crippen LogP contribution is 2.16. The van der Waals surface area contributed by atoms with Crippen LogP contribution in [0.1, 0.15) is 6.42 Å². The van der Waals surface area contributed by atoms with E-state index in [0.717, 1.165) is 11.0 Å². The van der Waals surface area contributed by atoms with Crippen LogP contribution in [0, 0.1) is 0 Å². The van der Waals surface area contributed by atoms with Gasteiger partial charge in [-0.1, -0.05) is 0 Å².